The van der Waals surface area contributed by atoms with Crippen molar-refractivity contribution in [3.8, 4) is 0 Å². The summed E-state index contributed by atoms with van der Waals surface area (Å²) in [7, 11) is 1.28. The highest BCUT2D eigenvalue weighted by molar-refractivity contribution is 5.69. The summed E-state index contributed by atoms with van der Waals surface area (Å²) < 4.78 is 4.42. The number of unbranched alkanes of at least 4 members (excludes halogenated alkanes) is 2. The minimum Gasteiger partial charge on any atom is -0.469 e. The molecule has 0 heterocycles. The van der Waals surface area contributed by atoms with Crippen LogP contribution in [-0.2, 0) is 9.53 Å². The lowest BCUT2D eigenvalue weighted by atomic mass is 10.0. The second-order valence-corrected chi connectivity index (χ2v) is 3.82. The summed E-state index contributed by atoms with van der Waals surface area (Å²) >= 11 is 0. The molecule has 0 spiro atoms. The molecule has 90 valence electrons. The maximum absolute atomic E-state index is 10.8. The predicted octanol–water partition coefficient (Wildman–Crippen LogP) is 1.24. The van der Waals surface area contributed by atoms with Crippen LogP contribution in [0.3, 0.4) is 0 Å². The zero-order chi connectivity index (χ0) is 11.7. The third-order valence-corrected chi connectivity index (χ3v) is 2.32. The second kappa shape index (κ2) is 8.68. The number of methoxy groups -OCH3 is 1. The SMILES string of the molecule is CCCCC[C@H](O)C[C@H](O)CC(=O)OC. The van der Waals surface area contributed by atoms with Gasteiger partial charge in [0.05, 0.1) is 25.7 Å². The summed E-state index contributed by atoms with van der Waals surface area (Å²) in [6.07, 6.45) is 2.74. The Kier molecular flexibility index (Phi) is 8.33. The van der Waals surface area contributed by atoms with E-state index in [2.05, 4.69) is 11.7 Å². The van der Waals surface area contributed by atoms with Crippen LogP contribution in [-0.4, -0.2) is 35.5 Å². The number of hydrogen-bond donors (Lipinski definition) is 2. The molecule has 0 bridgehead atoms. The van der Waals surface area contributed by atoms with Crippen molar-refractivity contribution in [1.29, 1.82) is 0 Å². The van der Waals surface area contributed by atoms with Crippen LogP contribution in [0.5, 0.6) is 0 Å². The maximum Gasteiger partial charge on any atom is 0.308 e. The first kappa shape index (κ1) is 14.4. The van der Waals surface area contributed by atoms with E-state index in [1.54, 1.807) is 0 Å². The Balaban J connectivity index is 3.56. The molecule has 0 aliphatic carbocycles. The molecule has 0 aromatic carbocycles. The van der Waals surface area contributed by atoms with Gasteiger partial charge >= 0.3 is 5.97 Å². The second-order valence-electron chi connectivity index (χ2n) is 3.82. The van der Waals surface area contributed by atoms with Crippen molar-refractivity contribution in [2.24, 2.45) is 0 Å². The average molecular weight is 218 g/mol. The number of carbonyl (C=O) groups is 1. The molecule has 2 N–H and O–H groups in total. The molecule has 0 fully saturated rings. The van der Waals surface area contributed by atoms with Crippen LogP contribution in [0.2, 0.25) is 0 Å². The molecule has 2 atom stereocenters. The number of hydrogen-bond acceptors (Lipinski definition) is 4. The predicted molar refractivity (Wildman–Crippen MR) is 57.4 cm³/mol. The van der Waals surface area contributed by atoms with Gasteiger partial charge in [0, 0.05) is 0 Å². The van der Waals surface area contributed by atoms with Gasteiger partial charge in [-0.2, -0.15) is 0 Å². The molecular weight excluding hydrogens is 196 g/mol. The fourth-order valence-electron chi connectivity index (χ4n) is 1.42. The first-order chi connectivity index (χ1) is 7.10. The molecule has 0 amide bonds. The Labute approximate surface area is 91.3 Å². The summed E-state index contributed by atoms with van der Waals surface area (Å²) in [6, 6.07) is 0. The molecule has 0 aliphatic heterocycles. The van der Waals surface area contributed by atoms with E-state index in [9.17, 15) is 15.0 Å². The molecule has 15 heavy (non-hydrogen) atoms. The van der Waals surface area contributed by atoms with Gasteiger partial charge in [0.1, 0.15) is 0 Å². The van der Waals surface area contributed by atoms with Gasteiger partial charge in [-0.1, -0.05) is 26.2 Å². The summed E-state index contributed by atoms with van der Waals surface area (Å²) in [5, 5.41) is 18.9. The fraction of sp³-hybridized carbons (Fsp3) is 0.909. The van der Waals surface area contributed by atoms with Gasteiger partial charge in [-0.05, 0) is 12.8 Å². The zero-order valence-electron chi connectivity index (χ0n) is 9.61. The van der Waals surface area contributed by atoms with Crippen LogP contribution in [0, 0.1) is 0 Å². The average Bonchev–Trinajstić information content (AvgIpc) is 2.17. The maximum atomic E-state index is 10.8. The van der Waals surface area contributed by atoms with Gasteiger partial charge in [0.2, 0.25) is 0 Å². The number of ether oxygens (including phenoxy) is 1. The van der Waals surface area contributed by atoms with Crippen LogP contribution in [0.1, 0.15) is 45.4 Å². The summed E-state index contributed by atoms with van der Waals surface area (Å²) in [4.78, 5) is 10.8. The van der Waals surface area contributed by atoms with Crippen LogP contribution >= 0.6 is 0 Å². The monoisotopic (exact) mass is 218 g/mol. The van der Waals surface area contributed by atoms with E-state index in [0.717, 1.165) is 19.3 Å². The van der Waals surface area contributed by atoms with Crippen molar-refractivity contribution in [3.05, 3.63) is 0 Å². The number of carbonyl (C=O) groups excluding carboxylic acids is 1. The molecule has 0 saturated carbocycles. The lowest BCUT2D eigenvalue weighted by molar-refractivity contribution is -0.143. The molecule has 0 radical (unpaired) electrons. The Morgan fingerprint density at radius 2 is 1.93 bits per heavy atom. The van der Waals surface area contributed by atoms with Crippen molar-refractivity contribution < 1.29 is 19.7 Å². The molecular formula is C11H22O4. The summed E-state index contributed by atoms with van der Waals surface area (Å²) in [5.41, 5.74) is 0. The fourth-order valence-corrected chi connectivity index (χ4v) is 1.42. The minimum absolute atomic E-state index is 0.0403. The lowest BCUT2D eigenvalue weighted by Gasteiger charge is -2.14. The molecule has 0 saturated heterocycles. The van der Waals surface area contributed by atoms with Gasteiger partial charge in [-0.25, -0.2) is 0 Å². The normalized spacial score (nSPS) is 14.7. The lowest BCUT2D eigenvalue weighted by Crippen LogP contribution is -2.21. The molecule has 4 nitrogen and oxygen atoms in total. The smallest absolute Gasteiger partial charge is 0.308 e. The zero-order valence-corrected chi connectivity index (χ0v) is 9.61. The Morgan fingerprint density at radius 1 is 1.27 bits per heavy atom. The van der Waals surface area contributed by atoms with E-state index >= 15 is 0 Å². The largest absolute Gasteiger partial charge is 0.469 e. The van der Waals surface area contributed by atoms with Crippen molar-refractivity contribution >= 4 is 5.97 Å². The third kappa shape index (κ3) is 8.39. The van der Waals surface area contributed by atoms with Crippen molar-refractivity contribution in [2.45, 2.75) is 57.7 Å². The van der Waals surface area contributed by atoms with E-state index in [0.29, 0.717) is 6.42 Å². The van der Waals surface area contributed by atoms with E-state index in [4.69, 9.17) is 0 Å². The Bertz CT molecular complexity index is 170. The van der Waals surface area contributed by atoms with E-state index in [1.165, 1.54) is 7.11 Å². The van der Waals surface area contributed by atoms with Crippen LogP contribution in [0.25, 0.3) is 0 Å². The van der Waals surface area contributed by atoms with Crippen molar-refractivity contribution in [2.75, 3.05) is 7.11 Å². The van der Waals surface area contributed by atoms with Crippen molar-refractivity contribution in [1.82, 2.24) is 0 Å². The van der Waals surface area contributed by atoms with Gasteiger partial charge in [0.15, 0.2) is 0 Å². The highest BCUT2D eigenvalue weighted by Crippen LogP contribution is 2.10. The van der Waals surface area contributed by atoms with E-state index in [1.807, 2.05) is 0 Å². The molecule has 0 unspecified atom stereocenters. The molecule has 0 rings (SSSR count). The molecule has 0 aromatic heterocycles. The van der Waals surface area contributed by atoms with Gasteiger partial charge < -0.3 is 14.9 Å². The Hall–Kier alpha value is -0.610. The van der Waals surface area contributed by atoms with Crippen LogP contribution in [0.15, 0.2) is 0 Å². The summed E-state index contributed by atoms with van der Waals surface area (Å²) in [6.45, 7) is 2.10. The number of aliphatic hydroxyl groups is 2. The number of esters is 1. The first-order valence-electron chi connectivity index (χ1n) is 5.53. The Morgan fingerprint density at radius 3 is 2.47 bits per heavy atom. The van der Waals surface area contributed by atoms with Gasteiger partial charge in [-0.15, -0.1) is 0 Å². The highest BCUT2D eigenvalue weighted by atomic mass is 16.5. The van der Waals surface area contributed by atoms with Crippen LogP contribution in [0.4, 0.5) is 0 Å². The van der Waals surface area contributed by atoms with Crippen molar-refractivity contribution in [3.63, 3.8) is 0 Å². The topological polar surface area (TPSA) is 66.8 Å². The molecule has 0 aromatic rings. The van der Waals surface area contributed by atoms with Gasteiger partial charge in [-0.3, -0.25) is 4.79 Å². The number of aliphatic hydroxyl groups excluding tert-OH is 2. The molecule has 0 aliphatic rings. The number of rotatable bonds is 8. The minimum atomic E-state index is -0.797. The van der Waals surface area contributed by atoms with E-state index < -0.39 is 18.2 Å². The highest BCUT2D eigenvalue weighted by Gasteiger charge is 2.15. The van der Waals surface area contributed by atoms with Crippen LogP contribution < -0.4 is 0 Å². The van der Waals surface area contributed by atoms with E-state index in [-0.39, 0.29) is 12.8 Å². The quantitative estimate of drug-likeness (QED) is 0.475. The standard InChI is InChI=1S/C11H22O4/c1-3-4-5-6-9(12)7-10(13)8-11(14)15-2/h9-10,12-13H,3-8H2,1-2H3/t9-,10-/m0/s1. The van der Waals surface area contributed by atoms with Gasteiger partial charge in [0.25, 0.3) is 0 Å². The third-order valence-electron chi connectivity index (χ3n) is 2.32. The summed E-state index contributed by atoms with van der Waals surface area (Å²) in [5.74, 6) is -0.441. The molecule has 4 heteroatoms. The first-order valence-corrected chi connectivity index (χ1v) is 5.53.